The lowest BCUT2D eigenvalue weighted by atomic mass is 10.1. The van der Waals surface area contributed by atoms with E-state index in [9.17, 15) is 4.79 Å². The average molecular weight is 407 g/mol. The molecule has 4 rings (SSSR count). The van der Waals surface area contributed by atoms with Crippen molar-refractivity contribution in [2.75, 3.05) is 13.7 Å². The van der Waals surface area contributed by atoms with Gasteiger partial charge in [-0.1, -0.05) is 60.3 Å². The molecule has 0 bridgehead atoms. The summed E-state index contributed by atoms with van der Waals surface area (Å²) >= 11 is 1.42. The lowest BCUT2D eigenvalue weighted by Gasteiger charge is -2.12. The number of ether oxygens (including phenoxy) is 1. The number of nitrogens with one attached hydrogen (secondary N) is 1. The molecule has 0 saturated carbocycles. The number of para-hydroxylation sites is 1. The van der Waals surface area contributed by atoms with Crippen molar-refractivity contribution >= 4 is 28.4 Å². The van der Waals surface area contributed by atoms with Gasteiger partial charge in [0.1, 0.15) is 0 Å². The number of nitrogens with zero attached hydrogens (tertiary/aromatic N) is 3. The van der Waals surface area contributed by atoms with Crippen LogP contribution in [0.5, 0.6) is 0 Å². The predicted octanol–water partition coefficient (Wildman–Crippen LogP) is 4.44. The van der Waals surface area contributed by atoms with E-state index in [1.165, 1.54) is 11.8 Å². The Morgan fingerprint density at radius 2 is 1.90 bits per heavy atom. The fourth-order valence-corrected chi connectivity index (χ4v) is 4.21. The van der Waals surface area contributed by atoms with Crippen molar-refractivity contribution in [2.45, 2.75) is 23.9 Å². The molecule has 0 aliphatic heterocycles. The van der Waals surface area contributed by atoms with Crippen LogP contribution in [0.4, 0.5) is 0 Å². The van der Waals surface area contributed by atoms with E-state index in [0.29, 0.717) is 23.9 Å². The first-order valence-electron chi connectivity index (χ1n) is 9.43. The summed E-state index contributed by atoms with van der Waals surface area (Å²) in [5.74, 6) is 0.840. The zero-order chi connectivity index (χ0) is 20.2. The zero-order valence-electron chi connectivity index (χ0n) is 16.3. The van der Waals surface area contributed by atoms with Crippen LogP contribution in [0.2, 0.25) is 0 Å². The van der Waals surface area contributed by atoms with Gasteiger partial charge in [-0.3, -0.25) is 9.36 Å². The average Bonchev–Trinajstić information content (AvgIpc) is 3.36. The minimum Gasteiger partial charge on any atom is -0.383 e. The number of benzene rings is 2. The molecular formula is C22H22N4O2S. The molecule has 0 fully saturated rings. The lowest BCUT2D eigenvalue weighted by Crippen LogP contribution is -2.15. The van der Waals surface area contributed by atoms with Crippen molar-refractivity contribution in [3.8, 4) is 11.4 Å². The Labute approximate surface area is 173 Å². The van der Waals surface area contributed by atoms with Gasteiger partial charge in [0.25, 0.3) is 0 Å². The van der Waals surface area contributed by atoms with Gasteiger partial charge < -0.3 is 9.72 Å². The lowest BCUT2D eigenvalue weighted by molar-refractivity contribution is 0.0995. The molecule has 1 N–H and O–H groups in total. The number of Topliss-reactive ketones (excluding diaryl/α,β-unsaturated/α-hetero) is 1. The zero-order valence-corrected chi connectivity index (χ0v) is 17.1. The van der Waals surface area contributed by atoms with Gasteiger partial charge in [0.05, 0.1) is 18.4 Å². The molecule has 29 heavy (non-hydrogen) atoms. The number of H-pyrrole nitrogens is 1. The molecule has 0 unspecified atom stereocenters. The topological polar surface area (TPSA) is 72.8 Å². The molecule has 4 aromatic rings. The number of fused-ring (bicyclic) bond motifs is 1. The molecular weight excluding hydrogens is 384 g/mol. The second kappa shape index (κ2) is 8.63. The minimum atomic E-state index is -0.302. The van der Waals surface area contributed by atoms with Gasteiger partial charge in [0.15, 0.2) is 16.8 Å². The van der Waals surface area contributed by atoms with Gasteiger partial charge in [-0.25, -0.2) is 0 Å². The van der Waals surface area contributed by atoms with Crippen molar-refractivity contribution in [2.24, 2.45) is 0 Å². The molecule has 148 valence electrons. The highest BCUT2D eigenvalue weighted by molar-refractivity contribution is 8.00. The fourth-order valence-electron chi connectivity index (χ4n) is 3.27. The second-order valence-corrected chi connectivity index (χ2v) is 8.00. The first kappa shape index (κ1) is 19.4. The van der Waals surface area contributed by atoms with Gasteiger partial charge in [-0.15, -0.1) is 10.2 Å². The number of thioether (sulfide) groups is 1. The standard InChI is InChI=1S/C22H22N4O2S/c1-15(20(27)18-14-23-19-11-7-6-10-17(18)19)29-22-25-24-21(26(22)12-13-28-2)16-8-4-3-5-9-16/h3-11,14-15,23H,12-13H2,1-2H3/t15-/m1/s1. The number of rotatable bonds is 8. The summed E-state index contributed by atoms with van der Waals surface area (Å²) in [6, 6.07) is 17.7. The first-order chi connectivity index (χ1) is 14.2. The Kier molecular flexibility index (Phi) is 5.78. The fraction of sp³-hybridized carbons (Fsp3) is 0.227. The summed E-state index contributed by atoms with van der Waals surface area (Å²) < 4.78 is 7.28. The van der Waals surface area contributed by atoms with E-state index >= 15 is 0 Å². The van der Waals surface area contributed by atoms with E-state index in [2.05, 4.69) is 15.2 Å². The monoisotopic (exact) mass is 406 g/mol. The number of hydrogen-bond donors (Lipinski definition) is 1. The van der Waals surface area contributed by atoms with E-state index in [1.807, 2.05) is 66.1 Å². The molecule has 0 amide bonds. The van der Waals surface area contributed by atoms with Crippen LogP contribution in [0.25, 0.3) is 22.3 Å². The molecule has 6 nitrogen and oxygen atoms in total. The smallest absolute Gasteiger partial charge is 0.192 e. The van der Waals surface area contributed by atoms with E-state index in [-0.39, 0.29) is 11.0 Å². The number of aromatic nitrogens is 4. The summed E-state index contributed by atoms with van der Waals surface area (Å²) in [5.41, 5.74) is 2.65. The molecule has 0 aliphatic carbocycles. The van der Waals surface area contributed by atoms with Crippen molar-refractivity contribution in [1.82, 2.24) is 19.7 Å². The van der Waals surface area contributed by atoms with Crippen LogP contribution in [0.1, 0.15) is 17.3 Å². The highest BCUT2D eigenvalue weighted by atomic mass is 32.2. The van der Waals surface area contributed by atoms with Gasteiger partial charge >= 0.3 is 0 Å². The van der Waals surface area contributed by atoms with Crippen LogP contribution >= 0.6 is 11.8 Å². The van der Waals surface area contributed by atoms with Crippen LogP contribution in [0.3, 0.4) is 0 Å². The first-order valence-corrected chi connectivity index (χ1v) is 10.3. The molecule has 2 aromatic carbocycles. The maximum Gasteiger partial charge on any atom is 0.192 e. The van der Waals surface area contributed by atoms with E-state index in [4.69, 9.17) is 4.74 Å². The Morgan fingerprint density at radius 1 is 1.14 bits per heavy atom. The molecule has 2 heterocycles. The number of aromatic amines is 1. The third-order valence-electron chi connectivity index (χ3n) is 4.77. The van der Waals surface area contributed by atoms with Crippen LogP contribution in [-0.2, 0) is 11.3 Å². The van der Waals surface area contributed by atoms with Gasteiger partial charge in [-0.2, -0.15) is 0 Å². The number of carbonyl (C=O) groups excluding carboxylic acids is 1. The maximum atomic E-state index is 13.1. The predicted molar refractivity (Wildman–Crippen MR) is 115 cm³/mol. The van der Waals surface area contributed by atoms with Crippen LogP contribution in [-0.4, -0.2) is 44.5 Å². The quantitative estimate of drug-likeness (QED) is 0.346. The van der Waals surface area contributed by atoms with Gasteiger partial charge in [0, 0.05) is 35.3 Å². The number of hydrogen-bond acceptors (Lipinski definition) is 5. The van der Waals surface area contributed by atoms with Crippen LogP contribution in [0.15, 0.2) is 66.0 Å². The molecule has 0 radical (unpaired) electrons. The minimum absolute atomic E-state index is 0.0648. The molecule has 2 aromatic heterocycles. The molecule has 0 saturated heterocycles. The second-order valence-electron chi connectivity index (χ2n) is 6.69. The molecule has 1 atom stereocenters. The maximum absolute atomic E-state index is 13.1. The van der Waals surface area contributed by atoms with Crippen molar-refractivity contribution in [3.63, 3.8) is 0 Å². The Bertz CT molecular complexity index is 1120. The number of ketones is 1. The van der Waals surface area contributed by atoms with Crippen molar-refractivity contribution in [3.05, 3.63) is 66.4 Å². The summed E-state index contributed by atoms with van der Waals surface area (Å²) in [7, 11) is 1.67. The third-order valence-corrected chi connectivity index (χ3v) is 5.85. The summed E-state index contributed by atoms with van der Waals surface area (Å²) in [5, 5.41) is 10.1. The molecule has 0 spiro atoms. The highest BCUT2D eigenvalue weighted by Gasteiger charge is 2.23. The van der Waals surface area contributed by atoms with Crippen molar-refractivity contribution in [1.29, 1.82) is 0 Å². The van der Waals surface area contributed by atoms with Crippen LogP contribution < -0.4 is 0 Å². The Morgan fingerprint density at radius 3 is 2.69 bits per heavy atom. The molecule has 7 heteroatoms. The third kappa shape index (κ3) is 3.97. The summed E-state index contributed by atoms with van der Waals surface area (Å²) in [6.07, 6.45) is 1.79. The largest absolute Gasteiger partial charge is 0.383 e. The number of methoxy groups -OCH3 is 1. The Hall–Kier alpha value is -2.90. The number of carbonyl (C=O) groups is 1. The SMILES string of the molecule is COCCn1c(S[C@H](C)C(=O)c2c[nH]c3ccccc23)nnc1-c1ccccc1. The van der Waals surface area contributed by atoms with Crippen LogP contribution in [0, 0.1) is 0 Å². The van der Waals surface area contributed by atoms with E-state index in [1.54, 1.807) is 13.3 Å². The Balaban J connectivity index is 1.61. The molecule has 0 aliphatic rings. The normalized spacial score (nSPS) is 12.3. The summed E-state index contributed by atoms with van der Waals surface area (Å²) in [4.78, 5) is 16.3. The highest BCUT2D eigenvalue weighted by Crippen LogP contribution is 2.30. The van der Waals surface area contributed by atoms with Gasteiger partial charge in [-0.05, 0) is 13.0 Å². The van der Waals surface area contributed by atoms with E-state index in [0.717, 1.165) is 22.3 Å². The van der Waals surface area contributed by atoms with Gasteiger partial charge in [0.2, 0.25) is 0 Å². The summed E-state index contributed by atoms with van der Waals surface area (Å²) in [6.45, 7) is 3.06. The van der Waals surface area contributed by atoms with Crippen molar-refractivity contribution < 1.29 is 9.53 Å². The van der Waals surface area contributed by atoms with E-state index < -0.39 is 0 Å².